The third-order valence-electron chi connectivity index (χ3n) is 4.27. The third kappa shape index (κ3) is 7.20. The highest BCUT2D eigenvalue weighted by molar-refractivity contribution is 5.88. The van der Waals surface area contributed by atoms with Crippen molar-refractivity contribution in [2.24, 2.45) is 5.92 Å². The summed E-state index contributed by atoms with van der Waals surface area (Å²) in [5, 5.41) is 5.18. The molecule has 30 heavy (non-hydrogen) atoms. The molecule has 0 aliphatic heterocycles. The number of benzene rings is 2. The van der Waals surface area contributed by atoms with E-state index in [4.69, 9.17) is 9.47 Å². The molecular weight excluding hydrogens is 391 g/mol. The van der Waals surface area contributed by atoms with E-state index in [0.29, 0.717) is 17.8 Å². The molecule has 0 spiro atoms. The molecule has 7 nitrogen and oxygen atoms in total. The van der Waals surface area contributed by atoms with Crippen molar-refractivity contribution in [3.8, 4) is 11.5 Å². The first kappa shape index (κ1) is 22.9. The van der Waals surface area contributed by atoms with Gasteiger partial charge >= 0.3 is 6.09 Å². The lowest BCUT2D eigenvalue weighted by molar-refractivity contribution is -0.126. The molecule has 2 aromatic rings. The predicted octanol–water partition coefficient (Wildman–Crippen LogP) is 3.03. The highest BCUT2D eigenvalue weighted by Gasteiger charge is 2.27. The zero-order chi connectivity index (χ0) is 21.9. The number of hydrogen-bond donors (Lipinski definition) is 2. The quantitative estimate of drug-likeness (QED) is 0.581. The summed E-state index contributed by atoms with van der Waals surface area (Å²) in [5.74, 6) is -0.0138. The average molecular weight is 416 g/mol. The molecule has 0 saturated carbocycles. The fourth-order valence-corrected chi connectivity index (χ4v) is 2.73. The number of nitrogens with one attached hydrogen (secondary N) is 2. The maximum atomic E-state index is 12.7. The second-order valence-electron chi connectivity index (χ2n) is 6.92. The fraction of sp³-hybridized carbons (Fsp3) is 0.318. The topological polar surface area (TPSA) is 93.7 Å². The Bertz CT molecular complexity index is 827. The Morgan fingerprint density at radius 1 is 1.00 bits per heavy atom. The highest BCUT2D eigenvalue weighted by Crippen LogP contribution is 2.14. The summed E-state index contributed by atoms with van der Waals surface area (Å²) in [5.41, 5.74) is 0.760. The van der Waals surface area contributed by atoms with Crippen LogP contribution in [0, 0.1) is 5.92 Å². The average Bonchev–Trinajstić information content (AvgIpc) is 2.73. The number of alkyl halides is 1. The summed E-state index contributed by atoms with van der Waals surface area (Å²) in [6.45, 7) is 2.61. The monoisotopic (exact) mass is 416 g/mol. The standard InChI is InChI=1S/C22H25FN2O5/c1-15(2)20(25-22(28)30-19-6-4-3-5-7-19)21(27)24-17(13-26)12-16-8-10-18(11-9-16)29-14-23/h3-11,13,15,17,20H,12,14H2,1-2H3,(H,24,27)(H,25,28)/t17?,20-/m0/s1. The van der Waals surface area contributed by atoms with Crippen molar-refractivity contribution in [2.45, 2.75) is 32.4 Å². The minimum Gasteiger partial charge on any atom is -0.463 e. The van der Waals surface area contributed by atoms with Gasteiger partial charge in [0, 0.05) is 0 Å². The van der Waals surface area contributed by atoms with Gasteiger partial charge in [-0.1, -0.05) is 44.2 Å². The summed E-state index contributed by atoms with van der Waals surface area (Å²) in [4.78, 5) is 36.3. The van der Waals surface area contributed by atoms with E-state index in [9.17, 15) is 18.8 Å². The molecule has 2 aromatic carbocycles. The number of para-hydroxylation sites is 1. The van der Waals surface area contributed by atoms with Crippen molar-refractivity contribution in [1.29, 1.82) is 0 Å². The van der Waals surface area contributed by atoms with Crippen molar-refractivity contribution >= 4 is 18.3 Å². The van der Waals surface area contributed by atoms with Gasteiger partial charge in [0.25, 0.3) is 0 Å². The molecule has 1 unspecified atom stereocenters. The Balaban J connectivity index is 1.96. The van der Waals surface area contributed by atoms with Gasteiger partial charge in [-0.05, 0) is 42.2 Å². The van der Waals surface area contributed by atoms with E-state index >= 15 is 0 Å². The van der Waals surface area contributed by atoms with Crippen molar-refractivity contribution in [1.82, 2.24) is 10.6 Å². The number of carbonyl (C=O) groups is 3. The van der Waals surface area contributed by atoms with Gasteiger partial charge in [-0.15, -0.1) is 0 Å². The number of hydrogen-bond acceptors (Lipinski definition) is 5. The fourth-order valence-electron chi connectivity index (χ4n) is 2.73. The summed E-state index contributed by atoms with van der Waals surface area (Å²) in [7, 11) is 0. The molecule has 0 fully saturated rings. The summed E-state index contributed by atoms with van der Waals surface area (Å²) in [6.07, 6.45) is 0.106. The Kier molecular flexibility index (Phi) is 8.80. The molecule has 0 saturated heterocycles. The SMILES string of the molecule is CC(C)[C@H](NC(=O)Oc1ccccc1)C(=O)NC(C=O)Cc1ccc(OCF)cc1. The van der Waals surface area contributed by atoms with E-state index in [2.05, 4.69) is 10.6 Å². The minimum absolute atomic E-state index is 0.238. The maximum absolute atomic E-state index is 12.7. The van der Waals surface area contributed by atoms with E-state index in [-0.39, 0.29) is 12.3 Å². The first-order chi connectivity index (χ1) is 14.4. The molecule has 8 heteroatoms. The lowest BCUT2D eigenvalue weighted by atomic mass is 10.0. The highest BCUT2D eigenvalue weighted by atomic mass is 19.1. The summed E-state index contributed by atoms with van der Waals surface area (Å²) < 4.78 is 22.1. The Morgan fingerprint density at radius 3 is 2.23 bits per heavy atom. The molecule has 0 radical (unpaired) electrons. The van der Waals surface area contributed by atoms with Crippen LogP contribution >= 0.6 is 0 Å². The zero-order valence-electron chi connectivity index (χ0n) is 16.8. The first-order valence-corrected chi connectivity index (χ1v) is 9.49. The number of aldehydes is 1. The van der Waals surface area contributed by atoms with Crippen LogP contribution in [0.1, 0.15) is 19.4 Å². The Labute approximate surface area is 174 Å². The van der Waals surface area contributed by atoms with Crippen LogP contribution in [0.25, 0.3) is 0 Å². The molecule has 0 aliphatic rings. The second kappa shape index (κ2) is 11.5. The Morgan fingerprint density at radius 2 is 1.67 bits per heavy atom. The lowest BCUT2D eigenvalue weighted by Gasteiger charge is -2.23. The zero-order valence-corrected chi connectivity index (χ0v) is 16.8. The van der Waals surface area contributed by atoms with Crippen molar-refractivity contribution in [3.63, 3.8) is 0 Å². The van der Waals surface area contributed by atoms with Gasteiger partial charge in [0.1, 0.15) is 23.8 Å². The second-order valence-corrected chi connectivity index (χ2v) is 6.92. The first-order valence-electron chi connectivity index (χ1n) is 9.49. The van der Waals surface area contributed by atoms with Crippen LogP contribution in [0.15, 0.2) is 54.6 Å². The molecule has 2 rings (SSSR count). The van der Waals surface area contributed by atoms with Crippen LogP contribution in [0.2, 0.25) is 0 Å². The summed E-state index contributed by atoms with van der Waals surface area (Å²) >= 11 is 0. The molecule has 2 amide bonds. The van der Waals surface area contributed by atoms with Gasteiger partial charge in [-0.25, -0.2) is 9.18 Å². The molecule has 0 aliphatic carbocycles. The number of amides is 2. The van der Waals surface area contributed by atoms with Crippen molar-refractivity contribution in [2.75, 3.05) is 6.86 Å². The van der Waals surface area contributed by atoms with Gasteiger partial charge in [0.05, 0.1) is 6.04 Å². The van der Waals surface area contributed by atoms with Crippen LogP contribution in [0.5, 0.6) is 11.5 Å². The van der Waals surface area contributed by atoms with Crippen LogP contribution in [0.3, 0.4) is 0 Å². The third-order valence-corrected chi connectivity index (χ3v) is 4.27. The van der Waals surface area contributed by atoms with E-state index in [1.165, 1.54) is 0 Å². The number of halogens is 1. The van der Waals surface area contributed by atoms with Crippen LogP contribution in [0.4, 0.5) is 9.18 Å². The Hall–Kier alpha value is -3.42. The van der Waals surface area contributed by atoms with Crippen LogP contribution in [-0.2, 0) is 16.0 Å². The van der Waals surface area contributed by atoms with E-state index < -0.39 is 30.9 Å². The van der Waals surface area contributed by atoms with Gasteiger partial charge in [0.2, 0.25) is 12.8 Å². The van der Waals surface area contributed by atoms with Crippen molar-refractivity contribution < 1.29 is 28.2 Å². The van der Waals surface area contributed by atoms with E-state index in [1.807, 2.05) is 0 Å². The molecule has 160 valence electrons. The van der Waals surface area contributed by atoms with E-state index in [0.717, 1.165) is 5.56 Å². The van der Waals surface area contributed by atoms with Crippen LogP contribution < -0.4 is 20.1 Å². The van der Waals surface area contributed by atoms with Crippen LogP contribution in [-0.4, -0.2) is 37.2 Å². The summed E-state index contributed by atoms with van der Waals surface area (Å²) in [6, 6.07) is 13.3. The molecule has 0 aromatic heterocycles. The van der Waals surface area contributed by atoms with E-state index in [1.54, 1.807) is 68.4 Å². The number of ether oxygens (including phenoxy) is 2. The molecule has 2 N–H and O–H groups in total. The van der Waals surface area contributed by atoms with Gasteiger partial charge < -0.3 is 24.9 Å². The minimum atomic E-state index is -0.928. The molecule has 0 bridgehead atoms. The predicted molar refractivity (Wildman–Crippen MR) is 109 cm³/mol. The van der Waals surface area contributed by atoms with Gasteiger partial charge in [-0.2, -0.15) is 0 Å². The number of rotatable bonds is 10. The molecule has 2 atom stereocenters. The number of carbonyl (C=O) groups excluding carboxylic acids is 3. The van der Waals surface area contributed by atoms with Gasteiger partial charge in [-0.3, -0.25) is 4.79 Å². The molecular formula is C22H25FN2O5. The van der Waals surface area contributed by atoms with Gasteiger partial charge in [0.15, 0.2) is 0 Å². The van der Waals surface area contributed by atoms with Crippen molar-refractivity contribution in [3.05, 3.63) is 60.2 Å². The molecule has 0 heterocycles. The lowest BCUT2D eigenvalue weighted by Crippen LogP contribution is -2.53. The largest absolute Gasteiger partial charge is 0.463 e. The smallest absolute Gasteiger partial charge is 0.413 e. The normalized spacial score (nSPS) is 12.5. The maximum Gasteiger partial charge on any atom is 0.413 e.